The maximum Gasteiger partial charge on any atom is 0.271 e. The number of nitro benzene ring substituents is 1. The summed E-state index contributed by atoms with van der Waals surface area (Å²) in [5.41, 5.74) is 1.22. The van der Waals surface area contributed by atoms with Crippen molar-refractivity contribution in [2.24, 2.45) is 0 Å². The van der Waals surface area contributed by atoms with Crippen LogP contribution in [0.4, 0.5) is 17.1 Å². The lowest BCUT2D eigenvalue weighted by molar-refractivity contribution is -0.384. The minimum absolute atomic E-state index is 0.0434. The first-order valence-electron chi connectivity index (χ1n) is 8.60. The smallest absolute Gasteiger partial charge is 0.271 e. The molecule has 0 aliphatic heterocycles. The van der Waals surface area contributed by atoms with Crippen LogP contribution in [0.3, 0.4) is 0 Å². The molecule has 0 radical (unpaired) electrons. The van der Waals surface area contributed by atoms with Crippen molar-refractivity contribution in [3.8, 4) is 0 Å². The standard InChI is InChI=1S/C20H16ClN3O5S/c1-13-5-7-15(8-6-13)23-30(28,29)17-4-2-3-14(11-17)20(25)22-19-12-16(24(26)27)9-10-18(19)21/h2-12,23H,1H3,(H,22,25). The average molecular weight is 446 g/mol. The van der Waals surface area contributed by atoms with Crippen molar-refractivity contribution in [3.05, 3.63) is 93.0 Å². The fourth-order valence-corrected chi connectivity index (χ4v) is 3.83. The molecule has 0 saturated carbocycles. The van der Waals surface area contributed by atoms with Crippen LogP contribution in [-0.2, 0) is 10.0 Å². The summed E-state index contributed by atoms with van der Waals surface area (Å²) < 4.78 is 27.8. The van der Waals surface area contributed by atoms with Crippen LogP contribution in [0.2, 0.25) is 5.02 Å². The molecule has 0 saturated heterocycles. The Morgan fingerprint density at radius 2 is 1.73 bits per heavy atom. The average Bonchev–Trinajstić information content (AvgIpc) is 2.71. The predicted molar refractivity (Wildman–Crippen MR) is 114 cm³/mol. The fraction of sp³-hybridized carbons (Fsp3) is 0.0500. The van der Waals surface area contributed by atoms with Crippen molar-refractivity contribution in [3.63, 3.8) is 0 Å². The van der Waals surface area contributed by atoms with Gasteiger partial charge in [0.05, 0.1) is 20.5 Å². The van der Waals surface area contributed by atoms with Crippen molar-refractivity contribution >= 4 is 44.6 Å². The Balaban J connectivity index is 1.84. The highest BCUT2D eigenvalue weighted by atomic mass is 35.5. The molecule has 0 aliphatic carbocycles. The van der Waals surface area contributed by atoms with Crippen LogP contribution in [-0.4, -0.2) is 19.2 Å². The van der Waals surface area contributed by atoms with Gasteiger partial charge in [0.25, 0.3) is 21.6 Å². The summed E-state index contributed by atoms with van der Waals surface area (Å²) in [6.45, 7) is 1.88. The van der Waals surface area contributed by atoms with E-state index < -0.39 is 20.9 Å². The highest BCUT2D eigenvalue weighted by molar-refractivity contribution is 7.92. The molecule has 3 aromatic rings. The van der Waals surface area contributed by atoms with E-state index in [1.54, 1.807) is 24.3 Å². The van der Waals surface area contributed by atoms with Crippen LogP contribution < -0.4 is 10.0 Å². The van der Waals surface area contributed by atoms with E-state index in [0.29, 0.717) is 5.69 Å². The quantitative estimate of drug-likeness (QED) is 0.424. The largest absolute Gasteiger partial charge is 0.320 e. The second kappa shape index (κ2) is 8.52. The van der Waals surface area contributed by atoms with Gasteiger partial charge in [-0.3, -0.25) is 19.6 Å². The van der Waals surface area contributed by atoms with Gasteiger partial charge in [-0.2, -0.15) is 0 Å². The number of carbonyl (C=O) groups is 1. The van der Waals surface area contributed by atoms with E-state index in [9.17, 15) is 23.3 Å². The number of anilines is 2. The van der Waals surface area contributed by atoms with E-state index in [1.165, 1.54) is 36.4 Å². The second-order valence-corrected chi connectivity index (χ2v) is 8.46. The molecular weight excluding hydrogens is 430 g/mol. The van der Waals surface area contributed by atoms with Crippen LogP contribution in [0.5, 0.6) is 0 Å². The van der Waals surface area contributed by atoms with E-state index in [-0.39, 0.29) is 26.9 Å². The van der Waals surface area contributed by atoms with E-state index in [2.05, 4.69) is 10.0 Å². The van der Waals surface area contributed by atoms with Crippen LogP contribution in [0, 0.1) is 17.0 Å². The highest BCUT2D eigenvalue weighted by Gasteiger charge is 2.18. The minimum Gasteiger partial charge on any atom is -0.320 e. The number of nitrogens with zero attached hydrogens (tertiary/aromatic N) is 1. The zero-order valence-corrected chi connectivity index (χ0v) is 17.2. The van der Waals surface area contributed by atoms with Crippen LogP contribution >= 0.6 is 11.6 Å². The summed E-state index contributed by atoms with van der Waals surface area (Å²) in [5, 5.41) is 13.5. The Morgan fingerprint density at radius 1 is 1.03 bits per heavy atom. The van der Waals surface area contributed by atoms with Gasteiger partial charge < -0.3 is 5.32 Å². The number of rotatable bonds is 6. The number of hydrogen-bond acceptors (Lipinski definition) is 5. The Kier molecular flexibility index (Phi) is 6.04. The van der Waals surface area contributed by atoms with Crippen LogP contribution in [0.25, 0.3) is 0 Å². The number of nitrogens with one attached hydrogen (secondary N) is 2. The summed E-state index contributed by atoms with van der Waals surface area (Å²) in [4.78, 5) is 22.8. The summed E-state index contributed by atoms with van der Waals surface area (Å²) in [5.74, 6) is -0.662. The van der Waals surface area contributed by atoms with Gasteiger partial charge in [0, 0.05) is 23.4 Å². The number of amides is 1. The number of benzene rings is 3. The van der Waals surface area contributed by atoms with Gasteiger partial charge in [-0.05, 0) is 43.3 Å². The van der Waals surface area contributed by atoms with E-state index >= 15 is 0 Å². The summed E-state index contributed by atoms with van der Waals surface area (Å²) >= 11 is 5.99. The second-order valence-electron chi connectivity index (χ2n) is 6.37. The molecule has 0 aromatic heterocycles. The van der Waals surface area contributed by atoms with Crippen molar-refractivity contribution in [2.75, 3.05) is 10.0 Å². The zero-order valence-electron chi connectivity index (χ0n) is 15.6. The Morgan fingerprint density at radius 3 is 2.40 bits per heavy atom. The lowest BCUT2D eigenvalue weighted by Crippen LogP contribution is -2.16. The van der Waals surface area contributed by atoms with Gasteiger partial charge >= 0.3 is 0 Å². The SMILES string of the molecule is Cc1ccc(NS(=O)(=O)c2cccc(C(=O)Nc3cc([N+](=O)[O-])ccc3Cl)c2)cc1. The first kappa shape index (κ1) is 21.3. The Bertz CT molecular complexity index is 1230. The molecule has 0 heterocycles. The fourth-order valence-electron chi connectivity index (χ4n) is 2.56. The molecule has 30 heavy (non-hydrogen) atoms. The maximum atomic E-state index is 12.7. The third-order valence-corrected chi connectivity index (χ3v) is 5.83. The zero-order chi connectivity index (χ0) is 21.9. The number of sulfonamides is 1. The van der Waals surface area contributed by atoms with Crippen molar-refractivity contribution in [1.82, 2.24) is 0 Å². The van der Waals surface area contributed by atoms with Gasteiger partial charge in [-0.15, -0.1) is 0 Å². The first-order chi connectivity index (χ1) is 14.2. The first-order valence-corrected chi connectivity index (χ1v) is 10.5. The lowest BCUT2D eigenvalue weighted by atomic mass is 10.2. The number of non-ortho nitro benzene ring substituents is 1. The molecule has 10 heteroatoms. The summed E-state index contributed by atoms with van der Waals surface area (Å²) in [7, 11) is -3.93. The van der Waals surface area contributed by atoms with Crippen molar-refractivity contribution in [2.45, 2.75) is 11.8 Å². The van der Waals surface area contributed by atoms with Crippen molar-refractivity contribution < 1.29 is 18.1 Å². The highest BCUT2D eigenvalue weighted by Crippen LogP contribution is 2.27. The minimum atomic E-state index is -3.93. The molecule has 8 nitrogen and oxygen atoms in total. The van der Waals surface area contributed by atoms with Gasteiger partial charge in [-0.25, -0.2) is 8.42 Å². The molecule has 1 amide bonds. The molecular formula is C20H16ClN3O5S. The van der Waals surface area contributed by atoms with Gasteiger partial charge in [-0.1, -0.05) is 35.4 Å². The van der Waals surface area contributed by atoms with Crippen LogP contribution in [0.1, 0.15) is 15.9 Å². The molecule has 0 atom stereocenters. The maximum absolute atomic E-state index is 12.7. The summed E-state index contributed by atoms with van der Waals surface area (Å²) in [6.07, 6.45) is 0. The molecule has 3 rings (SSSR count). The summed E-state index contributed by atoms with van der Waals surface area (Å²) in [6, 6.07) is 15.8. The molecule has 3 aromatic carbocycles. The molecule has 0 spiro atoms. The number of nitro groups is 1. The van der Waals surface area contributed by atoms with Gasteiger partial charge in [0.2, 0.25) is 0 Å². The van der Waals surface area contributed by atoms with E-state index in [0.717, 1.165) is 11.6 Å². The molecule has 0 fully saturated rings. The molecule has 0 unspecified atom stereocenters. The topological polar surface area (TPSA) is 118 Å². The Labute approximate surface area is 177 Å². The van der Waals surface area contributed by atoms with Gasteiger partial charge in [0.1, 0.15) is 0 Å². The number of carbonyl (C=O) groups excluding carboxylic acids is 1. The number of halogens is 1. The van der Waals surface area contributed by atoms with Gasteiger partial charge in [0.15, 0.2) is 0 Å². The van der Waals surface area contributed by atoms with Crippen LogP contribution in [0.15, 0.2) is 71.6 Å². The van der Waals surface area contributed by atoms with E-state index in [4.69, 9.17) is 11.6 Å². The lowest BCUT2D eigenvalue weighted by Gasteiger charge is -2.11. The van der Waals surface area contributed by atoms with Crippen molar-refractivity contribution in [1.29, 1.82) is 0 Å². The molecule has 0 bridgehead atoms. The normalized spacial score (nSPS) is 11.0. The third-order valence-electron chi connectivity index (χ3n) is 4.12. The molecule has 2 N–H and O–H groups in total. The van der Waals surface area contributed by atoms with E-state index in [1.807, 2.05) is 6.92 Å². The third kappa shape index (κ3) is 4.94. The number of hydrogen-bond donors (Lipinski definition) is 2. The molecule has 0 aliphatic rings. The molecule has 154 valence electrons. The monoisotopic (exact) mass is 445 g/mol. The number of aryl methyl sites for hydroxylation is 1. The Hall–Kier alpha value is -3.43. The predicted octanol–water partition coefficient (Wildman–Crippen LogP) is 4.61.